The summed E-state index contributed by atoms with van der Waals surface area (Å²) < 4.78 is 0. The molecule has 1 aromatic carbocycles. The number of carbonyl (C=O) groups excluding carboxylic acids is 1. The zero-order chi connectivity index (χ0) is 17.2. The fourth-order valence-corrected chi connectivity index (χ4v) is 2.14. The van der Waals surface area contributed by atoms with Crippen molar-refractivity contribution < 1.29 is 9.72 Å². The third-order valence-corrected chi connectivity index (χ3v) is 3.31. The maximum Gasteiger partial charge on any atom is 0.273 e. The Balaban J connectivity index is 2.32. The molecule has 0 atom stereocenters. The predicted molar refractivity (Wildman–Crippen MR) is 88.4 cm³/mol. The molecular weight excluding hydrogens is 296 g/mol. The molecule has 1 amide bonds. The summed E-state index contributed by atoms with van der Waals surface area (Å²) in [6.45, 7) is 5.65. The van der Waals surface area contributed by atoms with Gasteiger partial charge in [-0.15, -0.1) is 0 Å². The van der Waals surface area contributed by atoms with Crippen LogP contribution in [0.25, 0.3) is 0 Å². The number of hydrogen-bond donors (Lipinski definition) is 2. The van der Waals surface area contributed by atoms with Crippen molar-refractivity contribution >= 4 is 23.1 Å². The van der Waals surface area contributed by atoms with Crippen LogP contribution in [0.4, 0.5) is 17.2 Å². The van der Waals surface area contributed by atoms with Crippen LogP contribution in [0.3, 0.4) is 0 Å². The first-order valence-electron chi connectivity index (χ1n) is 7.00. The van der Waals surface area contributed by atoms with E-state index in [-0.39, 0.29) is 11.3 Å². The van der Waals surface area contributed by atoms with Gasteiger partial charge in [0.15, 0.2) is 0 Å². The normalized spacial score (nSPS) is 11.1. The molecule has 3 N–H and O–H groups in total. The number of nitrogen functional groups attached to an aromatic ring is 1. The molecule has 0 bridgehead atoms. The summed E-state index contributed by atoms with van der Waals surface area (Å²) in [4.78, 5) is 26.9. The number of nitrogens with one attached hydrogen (secondary N) is 1. The first-order chi connectivity index (χ1) is 10.7. The van der Waals surface area contributed by atoms with Crippen LogP contribution in [-0.4, -0.2) is 15.8 Å². The molecule has 7 heteroatoms. The molecule has 0 aliphatic heterocycles. The number of carbonyl (C=O) groups is 1. The van der Waals surface area contributed by atoms with Gasteiger partial charge in [0.1, 0.15) is 5.82 Å². The second-order valence-electron chi connectivity index (χ2n) is 6.16. The van der Waals surface area contributed by atoms with Gasteiger partial charge in [-0.05, 0) is 23.6 Å². The monoisotopic (exact) mass is 314 g/mol. The van der Waals surface area contributed by atoms with E-state index in [4.69, 9.17) is 5.73 Å². The van der Waals surface area contributed by atoms with Crippen LogP contribution in [0.1, 0.15) is 36.7 Å². The van der Waals surface area contributed by atoms with E-state index in [0.717, 1.165) is 0 Å². The van der Waals surface area contributed by atoms with Crippen LogP contribution < -0.4 is 11.1 Å². The molecule has 0 spiro atoms. The summed E-state index contributed by atoms with van der Waals surface area (Å²) in [5, 5.41) is 13.9. The van der Waals surface area contributed by atoms with Crippen LogP contribution in [0, 0.1) is 10.1 Å². The van der Waals surface area contributed by atoms with Crippen molar-refractivity contribution in [1.29, 1.82) is 0 Å². The SMILES string of the molecule is CC(C)(C)c1ccc(C(=O)Nc2ccc(N)nc2)cc1[N+](=O)[O-]. The van der Waals surface area contributed by atoms with Crippen molar-refractivity contribution in [1.82, 2.24) is 4.98 Å². The number of pyridine rings is 1. The predicted octanol–water partition coefficient (Wildman–Crippen LogP) is 3.12. The number of rotatable bonds is 3. The maximum absolute atomic E-state index is 12.2. The summed E-state index contributed by atoms with van der Waals surface area (Å²) in [5.74, 6) is -0.103. The van der Waals surface area contributed by atoms with E-state index in [0.29, 0.717) is 17.1 Å². The third-order valence-electron chi connectivity index (χ3n) is 3.31. The van der Waals surface area contributed by atoms with Crippen molar-refractivity contribution in [3.05, 3.63) is 57.8 Å². The number of nitro benzene ring substituents is 1. The Morgan fingerprint density at radius 3 is 2.48 bits per heavy atom. The van der Waals surface area contributed by atoms with Gasteiger partial charge in [-0.1, -0.05) is 26.8 Å². The van der Waals surface area contributed by atoms with Crippen LogP contribution >= 0.6 is 0 Å². The van der Waals surface area contributed by atoms with E-state index in [9.17, 15) is 14.9 Å². The largest absolute Gasteiger partial charge is 0.384 e. The van der Waals surface area contributed by atoms with Crippen LogP contribution in [-0.2, 0) is 5.41 Å². The average Bonchev–Trinajstić information content (AvgIpc) is 2.48. The highest BCUT2D eigenvalue weighted by Gasteiger charge is 2.26. The third kappa shape index (κ3) is 3.82. The molecule has 120 valence electrons. The van der Waals surface area contributed by atoms with E-state index in [1.54, 1.807) is 24.3 Å². The molecule has 0 saturated carbocycles. The van der Waals surface area contributed by atoms with Gasteiger partial charge in [-0.2, -0.15) is 0 Å². The zero-order valence-electron chi connectivity index (χ0n) is 13.2. The lowest BCUT2D eigenvalue weighted by Gasteiger charge is -2.19. The van der Waals surface area contributed by atoms with Crippen molar-refractivity contribution in [2.75, 3.05) is 11.1 Å². The number of nitrogens with two attached hydrogens (primary N) is 1. The first-order valence-corrected chi connectivity index (χ1v) is 7.00. The molecule has 0 unspecified atom stereocenters. The van der Waals surface area contributed by atoms with Crippen molar-refractivity contribution in [2.24, 2.45) is 0 Å². The zero-order valence-corrected chi connectivity index (χ0v) is 13.2. The number of hydrogen-bond acceptors (Lipinski definition) is 5. The Hall–Kier alpha value is -2.96. The van der Waals surface area contributed by atoms with Crippen molar-refractivity contribution in [3.8, 4) is 0 Å². The number of amides is 1. The maximum atomic E-state index is 12.2. The fraction of sp³-hybridized carbons (Fsp3) is 0.250. The molecule has 2 aromatic rings. The fourth-order valence-electron chi connectivity index (χ4n) is 2.14. The Bertz CT molecular complexity index is 749. The van der Waals surface area contributed by atoms with Crippen molar-refractivity contribution in [3.63, 3.8) is 0 Å². The Kier molecular flexibility index (Phi) is 4.31. The van der Waals surface area contributed by atoms with E-state index in [1.807, 2.05) is 20.8 Å². The summed E-state index contributed by atoms with van der Waals surface area (Å²) in [5.41, 5.74) is 6.27. The van der Waals surface area contributed by atoms with Gasteiger partial charge in [0.2, 0.25) is 0 Å². The Labute approximate surface area is 133 Å². The summed E-state index contributed by atoms with van der Waals surface area (Å²) in [6, 6.07) is 7.65. The lowest BCUT2D eigenvalue weighted by molar-refractivity contribution is -0.386. The molecule has 0 radical (unpaired) electrons. The smallest absolute Gasteiger partial charge is 0.273 e. The van der Waals surface area contributed by atoms with E-state index < -0.39 is 16.2 Å². The van der Waals surface area contributed by atoms with Crippen molar-refractivity contribution in [2.45, 2.75) is 26.2 Å². The molecule has 1 aromatic heterocycles. The number of benzene rings is 1. The topological polar surface area (TPSA) is 111 Å². The Morgan fingerprint density at radius 1 is 1.26 bits per heavy atom. The highest BCUT2D eigenvalue weighted by Crippen LogP contribution is 2.32. The summed E-state index contributed by atoms with van der Waals surface area (Å²) in [7, 11) is 0. The van der Waals surface area contributed by atoms with Crippen LogP contribution in [0.5, 0.6) is 0 Å². The molecule has 23 heavy (non-hydrogen) atoms. The van der Waals surface area contributed by atoms with Gasteiger partial charge in [0.05, 0.1) is 16.8 Å². The van der Waals surface area contributed by atoms with E-state index in [2.05, 4.69) is 10.3 Å². The summed E-state index contributed by atoms with van der Waals surface area (Å²) in [6.07, 6.45) is 1.42. The van der Waals surface area contributed by atoms with Gasteiger partial charge in [0.25, 0.3) is 11.6 Å². The first kappa shape index (κ1) is 16.4. The minimum Gasteiger partial charge on any atom is -0.384 e. The van der Waals surface area contributed by atoms with E-state index >= 15 is 0 Å². The highest BCUT2D eigenvalue weighted by atomic mass is 16.6. The molecule has 7 nitrogen and oxygen atoms in total. The highest BCUT2D eigenvalue weighted by molar-refractivity contribution is 6.04. The minimum absolute atomic E-state index is 0.0689. The van der Waals surface area contributed by atoms with Gasteiger partial charge in [0, 0.05) is 17.2 Å². The van der Waals surface area contributed by atoms with E-state index in [1.165, 1.54) is 12.3 Å². The number of nitro groups is 1. The Morgan fingerprint density at radius 2 is 1.96 bits per heavy atom. The lowest BCUT2D eigenvalue weighted by atomic mass is 9.85. The second-order valence-corrected chi connectivity index (χ2v) is 6.16. The number of aromatic nitrogens is 1. The molecule has 1 heterocycles. The van der Waals surface area contributed by atoms with Gasteiger partial charge in [-0.3, -0.25) is 14.9 Å². The van der Waals surface area contributed by atoms with Gasteiger partial charge in [-0.25, -0.2) is 4.98 Å². The second kappa shape index (κ2) is 6.04. The van der Waals surface area contributed by atoms with Crippen LogP contribution in [0.2, 0.25) is 0 Å². The minimum atomic E-state index is -0.470. The molecular formula is C16H18N4O3. The molecule has 0 fully saturated rings. The molecule has 0 aliphatic rings. The lowest BCUT2D eigenvalue weighted by Crippen LogP contribution is -2.16. The average molecular weight is 314 g/mol. The number of nitrogens with zero attached hydrogens (tertiary/aromatic N) is 2. The van der Waals surface area contributed by atoms with Gasteiger partial charge >= 0.3 is 0 Å². The number of anilines is 2. The molecule has 0 aliphatic carbocycles. The van der Waals surface area contributed by atoms with Gasteiger partial charge < -0.3 is 11.1 Å². The molecule has 0 saturated heterocycles. The molecule has 2 rings (SSSR count). The quantitative estimate of drug-likeness (QED) is 0.668. The van der Waals surface area contributed by atoms with Crippen LogP contribution in [0.15, 0.2) is 36.5 Å². The summed E-state index contributed by atoms with van der Waals surface area (Å²) >= 11 is 0. The standard InChI is InChI=1S/C16H18N4O3/c1-16(2,3)12-6-4-10(8-13(12)20(22)23)15(21)19-11-5-7-14(17)18-9-11/h4-9H,1-3H3,(H2,17,18)(H,19,21).